The van der Waals surface area contributed by atoms with Crippen LogP contribution in [0.2, 0.25) is 0 Å². The highest BCUT2D eigenvalue weighted by molar-refractivity contribution is 5.80. The van der Waals surface area contributed by atoms with E-state index in [0.717, 1.165) is 16.5 Å². The average molecular weight is 324 g/mol. The molecule has 3 aromatic rings. The number of hydrogen-bond acceptors (Lipinski definition) is 2. The molecule has 2 N–H and O–H groups in total. The number of nitrogens with one attached hydrogen (secondary N) is 2. The summed E-state index contributed by atoms with van der Waals surface area (Å²) in [6, 6.07) is 13.7. The molecule has 0 fully saturated rings. The van der Waals surface area contributed by atoms with Gasteiger partial charge in [0, 0.05) is 17.6 Å². The molecule has 5 heteroatoms. The Balaban J connectivity index is 1.73. The fraction of sp³-hybridized carbons (Fsp3) is 0.158. The van der Waals surface area contributed by atoms with E-state index in [9.17, 15) is 14.0 Å². The van der Waals surface area contributed by atoms with Crippen LogP contribution in [0.4, 0.5) is 4.39 Å². The first-order valence-electron chi connectivity index (χ1n) is 7.65. The van der Waals surface area contributed by atoms with Gasteiger partial charge in [0.2, 0.25) is 5.91 Å². The molecule has 0 aliphatic rings. The van der Waals surface area contributed by atoms with E-state index in [2.05, 4.69) is 10.3 Å². The maximum atomic E-state index is 13.6. The standard InChI is InChI=1S/C19H17FN2O2/c1-12-6-7-17-14(8-12)9-15(19(24)22-17)11-21-18(23)10-13-4-2-3-5-16(13)20/h2-9H,10-11H2,1H3,(H,21,23)(H,22,24). The number of amides is 1. The van der Waals surface area contributed by atoms with Gasteiger partial charge < -0.3 is 10.3 Å². The zero-order valence-electron chi connectivity index (χ0n) is 13.2. The highest BCUT2D eigenvalue weighted by atomic mass is 19.1. The number of carbonyl (C=O) groups is 1. The monoisotopic (exact) mass is 324 g/mol. The molecule has 0 aliphatic heterocycles. The Bertz CT molecular complexity index is 963. The van der Waals surface area contributed by atoms with Gasteiger partial charge in [-0.3, -0.25) is 9.59 Å². The van der Waals surface area contributed by atoms with E-state index in [1.807, 2.05) is 25.1 Å². The Morgan fingerprint density at radius 3 is 2.71 bits per heavy atom. The van der Waals surface area contributed by atoms with Crippen LogP contribution in [0.15, 0.2) is 53.3 Å². The molecule has 0 saturated heterocycles. The lowest BCUT2D eigenvalue weighted by molar-refractivity contribution is -0.120. The number of pyridine rings is 1. The second-order valence-electron chi connectivity index (χ2n) is 5.76. The van der Waals surface area contributed by atoms with Gasteiger partial charge in [-0.25, -0.2) is 4.39 Å². The molecule has 0 aliphatic carbocycles. The number of aryl methyl sites for hydroxylation is 1. The molecule has 4 nitrogen and oxygen atoms in total. The molecule has 2 aromatic carbocycles. The van der Waals surface area contributed by atoms with Crippen molar-refractivity contribution in [2.45, 2.75) is 19.9 Å². The second kappa shape index (κ2) is 6.66. The molecule has 0 unspecified atom stereocenters. The van der Waals surface area contributed by atoms with Crippen molar-refractivity contribution >= 4 is 16.8 Å². The summed E-state index contributed by atoms with van der Waals surface area (Å²) in [6.45, 7) is 2.08. The molecule has 0 saturated carbocycles. The second-order valence-corrected chi connectivity index (χ2v) is 5.76. The number of H-pyrrole nitrogens is 1. The Hall–Kier alpha value is -2.95. The van der Waals surface area contributed by atoms with Crippen LogP contribution in [0.25, 0.3) is 10.9 Å². The van der Waals surface area contributed by atoms with Crippen molar-refractivity contribution in [3.05, 3.63) is 81.4 Å². The molecule has 0 radical (unpaired) electrons. The third-order valence-corrected chi connectivity index (χ3v) is 3.86. The van der Waals surface area contributed by atoms with Gasteiger partial charge in [-0.1, -0.05) is 29.8 Å². The van der Waals surface area contributed by atoms with Crippen LogP contribution < -0.4 is 10.9 Å². The maximum absolute atomic E-state index is 13.6. The molecule has 1 amide bonds. The predicted molar refractivity (Wildman–Crippen MR) is 91.3 cm³/mol. The summed E-state index contributed by atoms with van der Waals surface area (Å²) in [6.07, 6.45) is -0.0583. The number of hydrogen-bond donors (Lipinski definition) is 2. The van der Waals surface area contributed by atoms with Crippen molar-refractivity contribution in [2.75, 3.05) is 0 Å². The molecule has 1 aromatic heterocycles. The van der Waals surface area contributed by atoms with Crippen LogP contribution in [0.5, 0.6) is 0 Å². The van der Waals surface area contributed by atoms with E-state index in [0.29, 0.717) is 11.1 Å². The largest absolute Gasteiger partial charge is 0.352 e. The lowest BCUT2D eigenvalue weighted by Gasteiger charge is -2.07. The van der Waals surface area contributed by atoms with Gasteiger partial charge in [0.15, 0.2) is 0 Å². The maximum Gasteiger partial charge on any atom is 0.253 e. The van der Waals surface area contributed by atoms with E-state index in [-0.39, 0.29) is 24.4 Å². The third-order valence-electron chi connectivity index (χ3n) is 3.86. The number of aromatic amines is 1. The van der Waals surface area contributed by atoms with Crippen LogP contribution in [0, 0.1) is 12.7 Å². The quantitative estimate of drug-likeness (QED) is 0.775. The lowest BCUT2D eigenvalue weighted by atomic mass is 10.1. The lowest BCUT2D eigenvalue weighted by Crippen LogP contribution is -2.28. The first-order chi connectivity index (χ1) is 11.5. The topological polar surface area (TPSA) is 62.0 Å². The molecule has 3 rings (SSSR count). The Morgan fingerprint density at radius 2 is 1.92 bits per heavy atom. The van der Waals surface area contributed by atoms with Crippen molar-refractivity contribution in [1.29, 1.82) is 0 Å². The first-order valence-corrected chi connectivity index (χ1v) is 7.65. The number of rotatable bonds is 4. The van der Waals surface area contributed by atoms with Gasteiger partial charge in [0.05, 0.1) is 6.42 Å². The summed E-state index contributed by atoms with van der Waals surface area (Å²) in [5, 5.41) is 3.58. The number of aromatic nitrogens is 1. The minimum atomic E-state index is -0.410. The van der Waals surface area contributed by atoms with Gasteiger partial charge in [-0.05, 0) is 42.1 Å². The van der Waals surface area contributed by atoms with Gasteiger partial charge in [-0.2, -0.15) is 0 Å². The highest BCUT2D eigenvalue weighted by Crippen LogP contribution is 2.13. The Kier molecular flexibility index (Phi) is 4.42. The van der Waals surface area contributed by atoms with Crippen LogP contribution in [0.3, 0.4) is 0 Å². The van der Waals surface area contributed by atoms with Gasteiger partial charge in [0.25, 0.3) is 5.56 Å². The smallest absolute Gasteiger partial charge is 0.253 e. The summed E-state index contributed by atoms with van der Waals surface area (Å²) in [4.78, 5) is 26.9. The number of benzene rings is 2. The zero-order valence-corrected chi connectivity index (χ0v) is 13.2. The van der Waals surface area contributed by atoms with Crippen LogP contribution >= 0.6 is 0 Å². The molecule has 0 atom stereocenters. The zero-order chi connectivity index (χ0) is 17.1. The molecule has 0 bridgehead atoms. The Labute approximate surface area is 138 Å². The minimum Gasteiger partial charge on any atom is -0.352 e. The third kappa shape index (κ3) is 3.51. The summed E-state index contributed by atoms with van der Waals surface area (Å²) in [5.41, 5.74) is 2.40. The molecular weight excluding hydrogens is 307 g/mol. The van der Waals surface area contributed by atoms with E-state index in [1.165, 1.54) is 6.07 Å². The number of halogens is 1. The van der Waals surface area contributed by atoms with E-state index in [1.54, 1.807) is 24.3 Å². The first kappa shape index (κ1) is 15.9. The molecule has 1 heterocycles. The predicted octanol–water partition coefficient (Wildman–Crippen LogP) is 2.83. The summed E-state index contributed by atoms with van der Waals surface area (Å²) in [5.74, 6) is -0.740. The van der Waals surface area contributed by atoms with Crippen LogP contribution in [0.1, 0.15) is 16.7 Å². The van der Waals surface area contributed by atoms with Gasteiger partial charge >= 0.3 is 0 Å². The van der Waals surface area contributed by atoms with Crippen LogP contribution in [-0.4, -0.2) is 10.9 Å². The van der Waals surface area contributed by atoms with E-state index < -0.39 is 5.82 Å². The molecular formula is C19H17FN2O2. The van der Waals surface area contributed by atoms with Crippen molar-refractivity contribution in [3.8, 4) is 0 Å². The fourth-order valence-corrected chi connectivity index (χ4v) is 2.57. The number of fused-ring (bicyclic) bond motifs is 1. The molecule has 0 spiro atoms. The van der Waals surface area contributed by atoms with Crippen molar-refractivity contribution in [1.82, 2.24) is 10.3 Å². The van der Waals surface area contributed by atoms with E-state index >= 15 is 0 Å². The van der Waals surface area contributed by atoms with Crippen molar-refractivity contribution in [3.63, 3.8) is 0 Å². The fourth-order valence-electron chi connectivity index (χ4n) is 2.57. The SMILES string of the molecule is Cc1ccc2[nH]c(=O)c(CNC(=O)Cc3ccccc3F)cc2c1. The van der Waals surface area contributed by atoms with Crippen molar-refractivity contribution in [2.24, 2.45) is 0 Å². The average Bonchev–Trinajstić information content (AvgIpc) is 2.55. The molecule has 122 valence electrons. The van der Waals surface area contributed by atoms with E-state index in [4.69, 9.17) is 0 Å². The summed E-state index contributed by atoms with van der Waals surface area (Å²) in [7, 11) is 0. The Morgan fingerprint density at radius 1 is 1.12 bits per heavy atom. The normalized spacial score (nSPS) is 10.8. The van der Waals surface area contributed by atoms with Crippen LogP contribution in [-0.2, 0) is 17.8 Å². The molecule has 24 heavy (non-hydrogen) atoms. The summed E-state index contributed by atoms with van der Waals surface area (Å²) < 4.78 is 13.6. The number of carbonyl (C=O) groups excluding carboxylic acids is 1. The minimum absolute atomic E-state index is 0.0583. The summed E-state index contributed by atoms with van der Waals surface area (Å²) >= 11 is 0. The van der Waals surface area contributed by atoms with Gasteiger partial charge in [0.1, 0.15) is 5.82 Å². The van der Waals surface area contributed by atoms with Gasteiger partial charge in [-0.15, -0.1) is 0 Å². The van der Waals surface area contributed by atoms with Crippen molar-refractivity contribution < 1.29 is 9.18 Å². The highest BCUT2D eigenvalue weighted by Gasteiger charge is 2.09.